The Labute approximate surface area is 188 Å². The molecule has 0 saturated heterocycles. The number of amides is 2. The lowest BCUT2D eigenvalue weighted by Gasteiger charge is -2.19. The Bertz CT molecular complexity index is 1280. The highest BCUT2D eigenvalue weighted by Gasteiger charge is 2.15. The summed E-state index contributed by atoms with van der Waals surface area (Å²) in [4.78, 5) is 22.7. The van der Waals surface area contributed by atoms with Gasteiger partial charge in [-0.2, -0.15) is 5.10 Å². The maximum absolute atomic E-state index is 13.3. The van der Waals surface area contributed by atoms with Gasteiger partial charge in [0, 0.05) is 37.9 Å². The van der Waals surface area contributed by atoms with Crippen LogP contribution in [-0.2, 0) is 20.2 Å². The van der Waals surface area contributed by atoms with Gasteiger partial charge in [-0.05, 0) is 35.2 Å². The van der Waals surface area contributed by atoms with Crippen LogP contribution in [-0.4, -0.2) is 37.7 Å². The van der Waals surface area contributed by atoms with Crippen molar-refractivity contribution >= 4 is 34.1 Å². The molecule has 0 radical (unpaired) electrons. The fourth-order valence-corrected chi connectivity index (χ4v) is 3.35. The maximum atomic E-state index is 13.3. The predicted molar refractivity (Wildman–Crippen MR) is 119 cm³/mol. The lowest BCUT2D eigenvalue weighted by Crippen LogP contribution is -2.31. The van der Waals surface area contributed by atoms with E-state index in [9.17, 15) is 9.18 Å². The number of halogens is 2. The Morgan fingerprint density at radius 1 is 1.22 bits per heavy atom. The molecule has 0 saturated carbocycles. The molecule has 0 spiro atoms. The average molecular weight is 455 g/mol. The van der Waals surface area contributed by atoms with Gasteiger partial charge >= 0.3 is 6.03 Å². The van der Waals surface area contributed by atoms with E-state index in [4.69, 9.17) is 16.3 Å². The van der Waals surface area contributed by atoms with Crippen LogP contribution in [0.4, 0.5) is 14.9 Å². The normalized spacial score (nSPS) is 10.9. The molecule has 4 aromatic rings. The van der Waals surface area contributed by atoms with Crippen molar-refractivity contribution in [2.24, 2.45) is 7.05 Å². The van der Waals surface area contributed by atoms with Crippen LogP contribution in [0.25, 0.3) is 10.8 Å². The van der Waals surface area contributed by atoms with E-state index in [-0.39, 0.29) is 17.7 Å². The van der Waals surface area contributed by atoms with Crippen LogP contribution in [0.3, 0.4) is 0 Å². The van der Waals surface area contributed by atoms with E-state index in [0.717, 1.165) is 16.3 Å². The molecule has 0 atom stereocenters. The first-order valence-electron chi connectivity index (χ1n) is 9.72. The molecule has 8 nitrogen and oxygen atoms in total. The molecule has 2 heterocycles. The summed E-state index contributed by atoms with van der Waals surface area (Å²) >= 11 is 5.78. The molecule has 2 amide bonds. The molecule has 0 fully saturated rings. The van der Waals surface area contributed by atoms with E-state index in [1.807, 2.05) is 24.3 Å². The third kappa shape index (κ3) is 4.78. The van der Waals surface area contributed by atoms with Crippen LogP contribution in [0.2, 0.25) is 5.02 Å². The third-order valence-corrected chi connectivity index (χ3v) is 5.04. The van der Waals surface area contributed by atoms with Gasteiger partial charge in [0.25, 0.3) is 0 Å². The van der Waals surface area contributed by atoms with Gasteiger partial charge in [-0.3, -0.25) is 4.68 Å². The molecule has 1 N–H and O–H groups in total. The Kier molecular flexibility index (Phi) is 6.18. The van der Waals surface area contributed by atoms with Gasteiger partial charge in [-0.25, -0.2) is 19.2 Å². The van der Waals surface area contributed by atoms with Gasteiger partial charge in [0.1, 0.15) is 12.1 Å². The number of carbonyl (C=O) groups is 1. The number of fused-ring (bicyclic) bond motifs is 1. The minimum atomic E-state index is -0.545. The van der Waals surface area contributed by atoms with Crippen LogP contribution in [0, 0.1) is 5.82 Å². The van der Waals surface area contributed by atoms with E-state index in [0.29, 0.717) is 23.9 Å². The summed E-state index contributed by atoms with van der Waals surface area (Å²) in [6, 6.07) is 11.3. The van der Waals surface area contributed by atoms with Crippen LogP contribution in [0.5, 0.6) is 5.88 Å². The van der Waals surface area contributed by atoms with Crippen molar-refractivity contribution in [3.63, 3.8) is 0 Å². The van der Waals surface area contributed by atoms with E-state index in [1.54, 1.807) is 31.3 Å². The Balaban J connectivity index is 1.50. The van der Waals surface area contributed by atoms with Crippen molar-refractivity contribution in [2.45, 2.75) is 13.2 Å². The second-order valence-corrected chi connectivity index (χ2v) is 7.58. The molecule has 32 heavy (non-hydrogen) atoms. The number of benzene rings is 2. The summed E-state index contributed by atoms with van der Waals surface area (Å²) < 4.78 is 20.8. The van der Waals surface area contributed by atoms with Crippen molar-refractivity contribution < 1.29 is 13.9 Å². The summed E-state index contributed by atoms with van der Waals surface area (Å²) in [5.74, 6) is 0.473. The third-order valence-electron chi connectivity index (χ3n) is 4.75. The number of nitrogens with zero attached hydrogens (tertiary/aromatic N) is 5. The smallest absolute Gasteiger partial charge is 0.321 e. The molecule has 10 heteroatoms. The fourth-order valence-electron chi connectivity index (χ4n) is 3.17. The van der Waals surface area contributed by atoms with E-state index in [1.165, 1.54) is 23.1 Å². The molecule has 4 rings (SSSR count). The number of pyridine rings is 1. The summed E-state index contributed by atoms with van der Waals surface area (Å²) in [5, 5.41) is 8.58. The minimum Gasteiger partial charge on any atom is -0.469 e. The largest absolute Gasteiger partial charge is 0.469 e. The van der Waals surface area contributed by atoms with E-state index >= 15 is 0 Å². The highest BCUT2D eigenvalue weighted by Crippen LogP contribution is 2.27. The van der Waals surface area contributed by atoms with Crippen LogP contribution in [0.1, 0.15) is 11.4 Å². The topological polar surface area (TPSA) is 85.2 Å². The van der Waals surface area contributed by atoms with Crippen molar-refractivity contribution in [1.29, 1.82) is 0 Å². The minimum absolute atomic E-state index is 0.0582. The molecule has 164 valence electrons. The lowest BCUT2D eigenvalue weighted by molar-refractivity contribution is 0.221. The van der Waals surface area contributed by atoms with E-state index in [2.05, 4.69) is 20.4 Å². The maximum Gasteiger partial charge on any atom is 0.321 e. The number of anilines is 1. The first-order valence-corrected chi connectivity index (χ1v) is 10.1. The highest BCUT2D eigenvalue weighted by atomic mass is 35.5. The number of hydrogen-bond acceptors (Lipinski definition) is 5. The zero-order valence-electron chi connectivity index (χ0n) is 17.4. The zero-order valence-corrected chi connectivity index (χ0v) is 18.2. The molecule has 0 aliphatic carbocycles. The van der Waals surface area contributed by atoms with Crippen LogP contribution < -0.4 is 10.1 Å². The first kappa shape index (κ1) is 21.5. The number of carbonyl (C=O) groups excluding carboxylic acids is 1. The Hall–Kier alpha value is -3.72. The number of hydrogen-bond donors (Lipinski definition) is 1. The monoisotopic (exact) mass is 454 g/mol. The summed E-state index contributed by atoms with van der Waals surface area (Å²) in [5.41, 5.74) is 1.25. The summed E-state index contributed by atoms with van der Waals surface area (Å²) in [7, 11) is 3.45. The molecule has 0 unspecified atom stereocenters. The number of aromatic nitrogens is 4. The van der Waals surface area contributed by atoms with Crippen molar-refractivity contribution in [3.05, 3.63) is 77.2 Å². The number of nitrogens with one attached hydrogen (secondary N) is 1. The summed E-state index contributed by atoms with van der Waals surface area (Å²) in [6.07, 6.45) is 3.29. The second kappa shape index (κ2) is 9.19. The standard InChI is InChI=1S/C22H20ClFN6O2/c1-29(22(31)27-15-7-8-19(24)18(23)9-15)11-14-10-25-21(17-6-4-3-5-16(14)17)32-12-20-26-13-30(2)28-20/h3-10,13H,11-12H2,1-2H3,(H,27,31). The average Bonchev–Trinajstić information content (AvgIpc) is 3.20. The molecular weight excluding hydrogens is 435 g/mol. The quantitative estimate of drug-likeness (QED) is 0.466. The van der Waals surface area contributed by atoms with Gasteiger partial charge in [-0.1, -0.05) is 29.8 Å². The number of aryl methyl sites for hydroxylation is 1. The summed E-state index contributed by atoms with van der Waals surface area (Å²) in [6.45, 7) is 0.496. The lowest BCUT2D eigenvalue weighted by atomic mass is 10.1. The van der Waals surface area contributed by atoms with Crippen LogP contribution in [0.15, 0.2) is 55.0 Å². The molecule has 2 aromatic carbocycles. The second-order valence-electron chi connectivity index (χ2n) is 7.17. The zero-order chi connectivity index (χ0) is 22.7. The van der Waals surface area contributed by atoms with Crippen molar-refractivity contribution in [2.75, 3.05) is 12.4 Å². The van der Waals surface area contributed by atoms with E-state index < -0.39 is 5.82 Å². The highest BCUT2D eigenvalue weighted by molar-refractivity contribution is 6.31. The molecular formula is C22H20ClFN6O2. The van der Waals surface area contributed by atoms with Crippen molar-refractivity contribution in [3.8, 4) is 5.88 Å². The van der Waals surface area contributed by atoms with Crippen LogP contribution >= 0.6 is 11.6 Å². The van der Waals surface area contributed by atoms with Gasteiger partial charge in [0.05, 0.1) is 5.02 Å². The SMILES string of the molecule is CN(Cc1cnc(OCc2ncn(C)n2)c2ccccc12)C(=O)Nc1ccc(F)c(Cl)c1. The van der Waals surface area contributed by atoms with Gasteiger partial charge in [0.15, 0.2) is 12.4 Å². The molecule has 0 aliphatic rings. The van der Waals surface area contributed by atoms with Gasteiger partial charge < -0.3 is 15.0 Å². The fraction of sp³-hybridized carbons (Fsp3) is 0.182. The van der Waals surface area contributed by atoms with Gasteiger partial charge in [0.2, 0.25) is 5.88 Å². The van der Waals surface area contributed by atoms with Gasteiger partial charge in [-0.15, -0.1) is 0 Å². The molecule has 0 bridgehead atoms. The first-order chi connectivity index (χ1) is 15.4. The molecule has 0 aliphatic heterocycles. The number of rotatable bonds is 6. The number of ether oxygens (including phenoxy) is 1. The Morgan fingerprint density at radius 3 is 2.72 bits per heavy atom. The molecule has 2 aromatic heterocycles. The number of urea groups is 1. The Morgan fingerprint density at radius 2 is 2.00 bits per heavy atom. The van der Waals surface area contributed by atoms with Crippen molar-refractivity contribution in [1.82, 2.24) is 24.6 Å². The predicted octanol–water partition coefficient (Wildman–Crippen LogP) is 4.40.